The number of rotatable bonds is 2. The quantitative estimate of drug-likeness (QED) is 0.576. The Hall–Kier alpha value is -2.57. The van der Waals surface area contributed by atoms with E-state index in [1.807, 2.05) is 0 Å². The van der Waals surface area contributed by atoms with Crippen molar-refractivity contribution < 1.29 is 4.92 Å². The molecule has 2 aromatic rings. The molecule has 0 bridgehead atoms. The van der Waals surface area contributed by atoms with Gasteiger partial charge >= 0.3 is 0 Å². The zero-order valence-corrected chi connectivity index (χ0v) is 8.20. The average Bonchev–Trinajstić information content (AvgIpc) is 2.57. The first-order valence-corrected chi connectivity index (χ1v) is 4.44. The maximum atomic E-state index is 10.8. The largest absolute Gasteiger partial charge is 0.384 e. The molecule has 82 valence electrons. The summed E-state index contributed by atoms with van der Waals surface area (Å²) in [6.45, 7) is 0. The fourth-order valence-electron chi connectivity index (χ4n) is 1.41. The van der Waals surface area contributed by atoms with Gasteiger partial charge in [-0.05, 0) is 6.07 Å². The first-order valence-electron chi connectivity index (χ1n) is 4.44. The summed E-state index contributed by atoms with van der Waals surface area (Å²) in [5.74, 6) is 0.474. The van der Waals surface area contributed by atoms with Crippen LogP contribution in [-0.4, -0.2) is 14.7 Å². The highest BCUT2D eigenvalue weighted by molar-refractivity contribution is 5.57. The summed E-state index contributed by atoms with van der Waals surface area (Å²) in [6.07, 6.45) is 0. The number of para-hydroxylation sites is 2. The molecule has 0 unspecified atom stereocenters. The van der Waals surface area contributed by atoms with Crippen molar-refractivity contribution in [3.05, 3.63) is 40.4 Å². The normalized spacial score (nSPS) is 10.2. The molecular formula is C9H9N5O2. The summed E-state index contributed by atoms with van der Waals surface area (Å²) in [4.78, 5) is 10.3. The van der Waals surface area contributed by atoms with E-state index in [1.165, 1.54) is 16.8 Å². The maximum Gasteiger partial charge on any atom is 0.294 e. The molecule has 7 nitrogen and oxygen atoms in total. The number of anilines is 2. The predicted molar refractivity (Wildman–Crippen MR) is 59.0 cm³/mol. The first kappa shape index (κ1) is 9.97. The van der Waals surface area contributed by atoms with E-state index in [1.54, 1.807) is 18.2 Å². The van der Waals surface area contributed by atoms with Crippen LogP contribution in [0.25, 0.3) is 5.69 Å². The fourth-order valence-corrected chi connectivity index (χ4v) is 1.41. The molecule has 0 aliphatic rings. The molecule has 0 fully saturated rings. The highest BCUT2D eigenvalue weighted by Gasteiger charge is 2.16. The number of hydrogen-bond acceptors (Lipinski definition) is 5. The van der Waals surface area contributed by atoms with E-state index in [0.717, 1.165) is 0 Å². The Balaban J connectivity index is 2.64. The van der Waals surface area contributed by atoms with E-state index >= 15 is 0 Å². The number of benzene rings is 1. The van der Waals surface area contributed by atoms with Gasteiger partial charge in [0, 0.05) is 12.1 Å². The van der Waals surface area contributed by atoms with Crippen LogP contribution in [-0.2, 0) is 0 Å². The second-order valence-electron chi connectivity index (χ2n) is 3.15. The summed E-state index contributed by atoms with van der Waals surface area (Å²) >= 11 is 0. The number of nitro groups is 1. The molecule has 0 amide bonds. The van der Waals surface area contributed by atoms with Crippen LogP contribution in [0.3, 0.4) is 0 Å². The molecule has 0 aliphatic heterocycles. The zero-order valence-electron chi connectivity index (χ0n) is 8.20. The van der Waals surface area contributed by atoms with E-state index in [-0.39, 0.29) is 17.3 Å². The summed E-state index contributed by atoms with van der Waals surface area (Å²) < 4.78 is 1.24. The smallest absolute Gasteiger partial charge is 0.294 e. The SMILES string of the molecule is Nc1cc(N)n(-c2ccccc2[N+](=O)[O-])n1. The van der Waals surface area contributed by atoms with Gasteiger partial charge < -0.3 is 11.5 Å². The Bertz CT molecular complexity index is 549. The van der Waals surface area contributed by atoms with Gasteiger partial charge in [-0.1, -0.05) is 12.1 Å². The number of nitrogens with two attached hydrogens (primary N) is 2. The lowest BCUT2D eigenvalue weighted by Gasteiger charge is -2.03. The van der Waals surface area contributed by atoms with Gasteiger partial charge in [-0.25, -0.2) is 4.68 Å². The van der Waals surface area contributed by atoms with Crippen LogP contribution in [0.1, 0.15) is 0 Å². The van der Waals surface area contributed by atoms with E-state index in [0.29, 0.717) is 5.69 Å². The Kier molecular flexibility index (Phi) is 2.20. The van der Waals surface area contributed by atoms with Crippen LogP contribution >= 0.6 is 0 Å². The standard InChI is InChI=1S/C9H9N5O2/c10-8-5-9(11)13(12-8)6-3-1-2-4-7(6)14(15)16/h1-5H,11H2,(H2,10,12). The lowest BCUT2D eigenvalue weighted by Crippen LogP contribution is -2.05. The van der Waals surface area contributed by atoms with Crippen LogP contribution < -0.4 is 11.5 Å². The van der Waals surface area contributed by atoms with Crippen LogP contribution in [0, 0.1) is 10.1 Å². The van der Waals surface area contributed by atoms with Crippen molar-refractivity contribution in [1.82, 2.24) is 9.78 Å². The van der Waals surface area contributed by atoms with Gasteiger partial charge in [-0.2, -0.15) is 0 Å². The lowest BCUT2D eigenvalue weighted by atomic mass is 10.3. The highest BCUT2D eigenvalue weighted by Crippen LogP contribution is 2.24. The second kappa shape index (κ2) is 3.54. The summed E-state index contributed by atoms with van der Waals surface area (Å²) in [5, 5.41) is 14.7. The van der Waals surface area contributed by atoms with Gasteiger partial charge in [0.1, 0.15) is 17.3 Å². The van der Waals surface area contributed by atoms with Crippen LogP contribution in [0.4, 0.5) is 17.3 Å². The van der Waals surface area contributed by atoms with Crippen LogP contribution in [0.5, 0.6) is 0 Å². The molecule has 0 radical (unpaired) electrons. The Labute approximate surface area is 90.4 Å². The monoisotopic (exact) mass is 219 g/mol. The number of nitrogens with zero attached hydrogens (tertiary/aromatic N) is 3. The molecule has 2 rings (SSSR count). The molecule has 0 atom stereocenters. The van der Waals surface area contributed by atoms with Crippen molar-refractivity contribution >= 4 is 17.3 Å². The number of nitrogen functional groups attached to an aromatic ring is 2. The van der Waals surface area contributed by atoms with Crippen molar-refractivity contribution in [2.24, 2.45) is 0 Å². The molecule has 0 aliphatic carbocycles. The van der Waals surface area contributed by atoms with Crippen molar-refractivity contribution in [3.8, 4) is 5.69 Å². The molecule has 16 heavy (non-hydrogen) atoms. The van der Waals surface area contributed by atoms with Gasteiger partial charge in [-0.3, -0.25) is 10.1 Å². The molecule has 7 heteroatoms. The van der Waals surface area contributed by atoms with E-state index in [4.69, 9.17) is 11.5 Å². The molecule has 1 heterocycles. The topological polar surface area (TPSA) is 113 Å². The number of hydrogen-bond donors (Lipinski definition) is 2. The van der Waals surface area contributed by atoms with Crippen molar-refractivity contribution in [1.29, 1.82) is 0 Å². The fraction of sp³-hybridized carbons (Fsp3) is 0. The van der Waals surface area contributed by atoms with Crippen molar-refractivity contribution in [3.63, 3.8) is 0 Å². The number of aromatic nitrogens is 2. The Morgan fingerprint density at radius 1 is 1.31 bits per heavy atom. The van der Waals surface area contributed by atoms with E-state index in [2.05, 4.69) is 5.10 Å². The predicted octanol–water partition coefficient (Wildman–Crippen LogP) is 0.945. The zero-order chi connectivity index (χ0) is 11.7. The average molecular weight is 219 g/mol. The summed E-state index contributed by atoms with van der Waals surface area (Å²) in [6, 6.07) is 7.62. The minimum absolute atomic E-state index is 0.0719. The van der Waals surface area contributed by atoms with Crippen molar-refractivity contribution in [2.75, 3.05) is 11.5 Å². The van der Waals surface area contributed by atoms with Gasteiger partial charge in [0.2, 0.25) is 0 Å². The molecule has 1 aromatic heterocycles. The van der Waals surface area contributed by atoms with E-state index in [9.17, 15) is 10.1 Å². The molecule has 0 spiro atoms. The third-order valence-electron chi connectivity index (χ3n) is 2.06. The van der Waals surface area contributed by atoms with Gasteiger partial charge in [0.25, 0.3) is 5.69 Å². The molecule has 1 aromatic carbocycles. The molecule has 4 N–H and O–H groups in total. The minimum Gasteiger partial charge on any atom is -0.384 e. The minimum atomic E-state index is -0.493. The lowest BCUT2D eigenvalue weighted by molar-refractivity contribution is -0.384. The van der Waals surface area contributed by atoms with Gasteiger partial charge in [-0.15, -0.1) is 5.10 Å². The maximum absolute atomic E-state index is 10.8. The van der Waals surface area contributed by atoms with Crippen LogP contribution in [0.15, 0.2) is 30.3 Å². The molecular weight excluding hydrogens is 210 g/mol. The molecule has 0 saturated carbocycles. The summed E-state index contributed by atoms with van der Waals surface area (Å²) in [5.41, 5.74) is 11.3. The van der Waals surface area contributed by atoms with Crippen LogP contribution in [0.2, 0.25) is 0 Å². The molecule has 0 saturated heterocycles. The van der Waals surface area contributed by atoms with Crippen molar-refractivity contribution in [2.45, 2.75) is 0 Å². The van der Waals surface area contributed by atoms with E-state index < -0.39 is 4.92 Å². The van der Waals surface area contributed by atoms with Gasteiger partial charge in [0.05, 0.1) is 4.92 Å². The third-order valence-corrected chi connectivity index (χ3v) is 2.06. The first-order chi connectivity index (χ1) is 7.59. The Morgan fingerprint density at radius 3 is 2.56 bits per heavy atom. The second-order valence-corrected chi connectivity index (χ2v) is 3.15. The third kappa shape index (κ3) is 1.54. The van der Waals surface area contributed by atoms with Gasteiger partial charge in [0.15, 0.2) is 0 Å². The number of nitro benzene ring substituents is 1. The highest BCUT2D eigenvalue weighted by atomic mass is 16.6. The summed E-state index contributed by atoms with van der Waals surface area (Å²) in [7, 11) is 0. The Morgan fingerprint density at radius 2 is 2.00 bits per heavy atom.